The maximum absolute atomic E-state index is 9.97. The van der Waals surface area contributed by atoms with E-state index in [1.165, 1.54) is 11.3 Å². The molecule has 25 heavy (non-hydrogen) atoms. The highest BCUT2D eigenvalue weighted by molar-refractivity contribution is 7.10. The van der Waals surface area contributed by atoms with Crippen LogP contribution in [0.2, 0.25) is 0 Å². The van der Waals surface area contributed by atoms with Crippen molar-refractivity contribution in [3.8, 4) is 18.2 Å². The molecule has 1 aromatic rings. The van der Waals surface area contributed by atoms with E-state index in [9.17, 15) is 15.8 Å². The molecule has 1 saturated heterocycles. The maximum atomic E-state index is 9.97. The summed E-state index contributed by atoms with van der Waals surface area (Å²) in [4.78, 5) is 3.27. The maximum Gasteiger partial charge on any atom is 0.190 e. The van der Waals surface area contributed by atoms with Crippen LogP contribution in [0.15, 0.2) is 29.2 Å². The molecule has 2 aliphatic heterocycles. The number of nitrogens with zero attached hydrogens (tertiary/aromatic N) is 4. The number of hydrogen-bond acceptors (Lipinski definition) is 6. The van der Waals surface area contributed by atoms with Gasteiger partial charge in [-0.25, -0.2) is 0 Å². The van der Waals surface area contributed by atoms with Crippen LogP contribution < -0.4 is 0 Å². The molecule has 2 bridgehead atoms. The van der Waals surface area contributed by atoms with E-state index in [-0.39, 0.29) is 17.7 Å². The van der Waals surface area contributed by atoms with Gasteiger partial charge in [-0.05, 0) is 36.9 Å². The fraction of sp³-hybridized carbons (Fsp3) is 0.474. The molecule has 0 aromatic carbocycles. The quantitative estimate of drug-likeness (QED) is 0.789. The van der Waals surface area contributed by atoms with Crippen molar-refractivity contribution >= 4 is 17.0 Å². The van der Waals surface area contributed by atoms with Crippen LogP contribution >= 0.6 is 11.3 Å². The second-order valence-electron chi connectivity index (χ2n) is 7.07. The number of nitriles is 3. The Morgan fingerprint density at radius 3 is 2.64 bits per heavy atom. The highest BCUT2D eigenvalue weighted by Crippen LogP contribution is 2.58. The Kier molecular flexibility index (Phi) is 3.55. The van der Waals surface area contributed by atoms with Crippen molar-refractivity contribution in [1.29, 1.82) is 21.2 Å². The molecule has 3 aliphatic rings. The lowest BCUT2D eigenvalue weighted by Crippen LogP contribution is -2.55. The Bertz CT molecular complexity index is 864. The molecule has 1 N–H and O–H groups in total. The predicted octanol–water partition coefficient (Wildman–Crippen LogP) is 3.06. The molecule has 2 fully saturated rings. The number of hydrogen-bond donors (Lipinski definition) is 1. The van der Waals surface area contributed by atoms with E-state index in [1.54, 1.807) is 0 Å². The average molecular weight is 347 g/mol. The van der Waals surface area contributed by atoms with Crippen LogP contribution in [-0.2, 0) is 0 Å². The van der Waals surface area contributed by atoms with E-state index in [0.717, 1.165) is 23.3 Å². The second kappa shape index (κ2) is 5.53. The Balaban J connectivity index is 1.99. The molecule has 1 unspecified atom stereocenters. The number of likely N-dealkylation sites (N-methyl/N-ethyl adjacent to an activating group) is 1. The molecule has 1 saturated carbocycles. The van der Waals surface area contributed by atoms with Gasteiger partial charge in [-0.1, -0.05) is 12.1 Å². The molecule has 1 aliphatic carbocycles. The summed E-state index contributed by atoms with van der Waals surface area (Å²) in [6.45, 7) is 0. The average Bonchev–Trinajstić information content (AvgIpc) is 3.21. The van der Waals surface area contributed by atoms with Gasteiger partial charge in [-0.3, -0.25) is 4.90 Å². The summed E-state index contributed by atoms with van der Waals surface area (Å²) in [7, 11) is 2.09. The third-order valence-corrected chi connectivity index (χ3v) is 7.15. The lowest BCUT2D eigenvalue weighted by molar-refractivity contribution is 0.158. The van der Waals surface area contributed by atoms with Gasteiger partial charge < -0.3 is 5.41 Å². The Morgan fingerprint density at radius 1 is 1.28 bits per heavy atom. The number of fused-ring (bicyclic) bond motifs is 4. The molecule has 4 rings (SSSR count). The molecule has 1 aromatic heterocycles. The minimum absolute atomic E-state index is 0.0511. The third kappa shape index (κ3) is 1.91. The van der Waals surface area contributed by atoms with Gasteiger partial charge >= 0.3 is 0 Å². The summed E-state index contributed by atoms with van der Waals surface area (Å²) in [6.07, 6.45) is 4.15. The van der Waals surface area contributed by atoms with Crippen molar-refractivity contribution in [2.24, 2.45) is 17.3 Å². The molecule has 5 nitrogen and oxygen atoms in total. The van der Waals surface area contributed by atoms with E-state index >= 15 is 0 Å². The van der Waals surface area contributed by atoms with Gasteiger partial charge in [0, 0.05) is 28.8 Å². The summed E-state index contributed by atoms with van der Waals surface area (Å²) >= 11 is 1.53. The first-order valence-corrected chi connectivity index (χ1v) is 9.25. The zero-order valence-electron chi connectivity index (χ0n) is 13.8. The number of rotatable bonds is 1. The first-order chi connectivity index (χ1) is 12.1. The van der Waals surface area contributed by atoms with E-state index in [0.29, 0.717) is 6.04 Å². The van der Waals surface area contributed by atoms with Crippen LogP contribution in [0.3, 0.4) is 0 Å². The van der Waals surface area contributed by atoms with Crippen molar-refractivity contribution in [1.82, 2.24) is 4.90 Å². The van der Waals surface area contributed by atoms with Gasteiger partial charge in [0.25, 0.3) is 0 Å². The fourth-order valence-electron chi connectivity index (χ4n) is 5.00. The Labute approximate surface area is 150 Å². The van der Waals surface area contributed by atoms with Gasteiger partial charge in [-0.15, -0.1) is 11.3 Å². The van der Waals surface area contributed by atoms with Gasteiger partial charge in [-0.2, -0.15) is 15.8 Å². The van der Waals surface area contributed by atoms with Crippen molar-refractivity contribution in [3.05, 3.63) is 34.0 Å². The summed E-state index contributed by atoms with van der Waals surface area (Å²) in [5.41, 5.74) is -0.675. The molecular weight excluding hydrogens is 330 g/mol. The van der Waals surface area contributed by atoms with Gasteiger partial charge in [0.05, 0.1) is 23.9 Å². The van der Waals surface area contributed by atoms with Crippen LogP contribution in [0.5, 0.6) is 0 Å². The Hall–Kier alpha value is -2.46. The minimum atomic E-state index is -1.58. The summed E-state index contributed by atoms with van der Waals surface area (Å²) in [6, 6.07) is 10.9. The lowest BCUT2D eigenvalue weighted by atomic mass is 9.54. The topological polar surface area (TPSA) is 98.5 Å². The van der Waals surface area contributed by atoms with Crippen LogP contribution in [0.4, 0.5) is 0 Å². The van der Waals surface area contributed by atoms with E-state index in [1.807, 2.05) is 17.5 Å². The number of thiophene rings is 1. The Morgan fingerprint density at radius 2 is 2.04 bits per heavy atom. The molecule has 5 atom stereocenters. The second-order valence-corrected chi connectivity index (χ2v) is 8.05. The van der Waals surface area contributed by atoms with Gasteiger partial charge in [0.1, 0.15) is 5.92 Å². The lowest BCUT2D eigenvalue weighted by Gasteiger charge is -2.50. The fourth-order valence-corrected chi connectivity index (χ4v) is 5.94. The summed E-state index contributed by atoms with van der Waals surface area (Å²) < 4.78 is 0. The van der Waals surface area contributed by atoms with Crippen LogP contribution in [0.1, 0.15) is 23.6 Å². The molecule has 6 heteroatoms. The van der Waals surface area contributed by atoms with Crippen molar-refractivity contribution < 1.29 is 0 Å². The standard InChI is InChI=1S/C19H17N5S/c1-24-11-4-5-14(24)16-12(7-11)13(8-20)18(23)19(9-21,10-22)17(16)15-3-2-6-25-15/h2-3,6-7,11,13-14,16-17,23H,4-5H2,1H3/t11-,13?,14+,16+,17-/m0/s1. The van der Waals surface area contributed by atoms with Crippen molar-refractivity contribution in [2.75, 3.05) is 7.05 Å². The normalized spacial score (nSPS) is 35.8. The SMILES string of the molecule is CN1[C@@H]2C=C3C(C#N)C(=N)C(C#N)(C#N)[C@@H](c4cccs4)[C@H]3[C@H]1CC2. The predicted molar refractivity (Wildman–Crippen MR) is 93.7 cm³/mol. The summed E-state index contributed by atoms with van der Waals surface area (Å²) in [5, 5.41) is 40.2. The summed E-state index contributed by atoms with van der Waals surface area (Å²) in [5.74, 6) is -1.23. The molecule has 0 spiro atoms. The first-order valence-electron chi connectivity index (χ1n) is 8.37. The van der Waals surface area contributed by atoms with Crippen molar-refractivity contribution in [2.45, 2.75) is 30.8 Å². The van der Waals surface area contributed by atoms with Crippen LogP contribution in [-0.4, -0.2) is 29.7 Å². The van der Waals surface area contributed by atoms with Crippen LogP contribution in [0.25, 0.3) is 0 Å². The molecule has 3 heterocycles. The zero-order chi connectivity index (χ0) is 17.8. The van der Waals surface area contributed by atoms with E-state index in [4.69, 9.17) is 5.41 Å². The van der Waals surface area contributed by atoms with Crippen molar-refractivity contribution in [3.63, 3.8) is 0 Å². The minimum Gasteiger partial charge on any atom is -0.305 e. The molecule has 124 valence electrons. The molecular formula is C19H17N5S. The molecule has 0 radical (unpaired) electrons. The van der Waals surface area contributed by atoms with Crippen LogP contribution in [0, 0.1) is 56.7 Å². The largest absolute Gasteiger partial charge is 0.305 e. The highest BCUT2D eigenvalue weighted by atomic mass is 32.1. The third-order valence-electron chi connectivity index (χ3n) is 6.19. The smallest absolute Gasteiger partial charge is 0.190 e. The monoisotopic (exact) mass is 347 g/mol. The van der Waals surface area contributed by atoms with Gasteiger partial charge in [0.15, 0.2) is 5.41 Å². The van der Waals surface area contributed by atoms with E-state index < -0.39 is 17.3 Å². The highest BCUT2D eigenvalue weighted by Gasteiger charge is 2.61. The zero-order valence-corrected chi connectivity index (χ0v) is 14.6. The van der Waals surface area contributed by atoms with Gasteiger partial charge in [0.2, 0.25) is 0 Å². The number of nitrogens with one attached hydrogen (secondary N) is 1. The van der Waals surface area contributed by atoms with E-state index in [2.05, 4.69) is 36.2 Å². The first kappa shape index (κ1) is 16.0. The molecule has 0 amide bonds.